The van der Waals surface area contributed by atoms with E-state index >= 15 is 0 Å². The summed E-state index contributed by atoms with van der Waals surface area (Å²) in [6, 6.07) is 18.7. The Balaban J connectivity index is 1.67. The lowest BCUT2D eigenvalue weighted by molar-refractivity contribution is -0.129. The fraction of sp³-hybridized carbons (Fsp3) is 0.429. The van der Waals surface area contributed by atoms with Crippen LogP contribution in [-0.2, 0) is 16.0 Å². The van der Waals surface area contributed by atoms with Gasteiger partial charge in [0.1, 0.15) is 17.2 Å². The SMILES string of the molecule is CC(C)(C)OC(=O)NC1(C(=O)NC(C#N)Cc2ccc(-c3ccc(C#N)cc3)cc2)CCCCC1. The minimum absolute atomic E-state index is 0.344. The first-order chi connectivity index (χ1) is 16.6. The topological polar surface area (TPSA) is 115 Å². The largest absolute Gasteiger partial charge is 0.444 e. The molecule has 2 amide bonds. The number of ether oxygens (including phenoxy) is 1. The van der Waals surface area contributed by atoms with Gasteiger partial charge in [0.2, 0.25) is 5.91 Å². The first-order valence-corrected chi connectivity index (χ1v) is 12.0. The highest BCUT2D eigenvalue weighted by molar-refractivity contribution is 5.90. The third kappa shape index (κ3) is 7.07. The number of amides is 2. The van der Waals surface area contributed by atoms with Crippen LogP contribution in [0.4, 0.5) is 4.79 Å². The lowest BCUT2D eigenvalue weighted by atomic mass is 9.80. The van der Waals surface area contributed by atoms with E-state index in [0.717, 1.165) is 36.0 Å². The molecule has 0 aromatic heterocycles. The molecule has 0 bridgehead atoms. The summed E-state index contributed by atoms with van der Waals surface area (Å²) in [7, 11) is 0. The highest BCUT2D eigenvalue weighted by Gasteiger charge is 2.42. The minimum Gasteiger partial charge on any atom is -0.444 e. The maximum absolute atomic E-state index is 13.3. The van der Waals surface area contributed by atoms with Crippen LogP contribution in [0.2, 0.25) is 0 Å². The molecule has 2 N–H and O–H groups in total. The summed E-state index contributed by atoms with van der Waals surface area (Å²) in [6.07, 6.45) is 3.37. The third-order valence-electron chi connectivity index (χ3n) is 6.08. The van der Waals surface area contributed by atoms with E-state index in [9.17, 15) is 14.9 Å². The molecule has 7 heteroatoms. The monoisotopic (exact) mass is 472 g/mol. The van der Waals surface area contributed by atoms with E-state index in [1.54, 1.807) is 32.9 Å². The Labute approximate surface area is 207 Å². The smallest absolute Gasteiger partial charge is 0.408 e. The molecule has 2 aromatic rings. The van der Waals surface area contributed by atoms with Gasteiger partial charge >= 0.3 is 6.09 Å². The number of nitrogens with zero attached hydrogens (tertiary/aromatic N) is 2. The molecular formula is C28H32N4O3. The zero-order valence-electron chi connectivity index (χ0n) is 20.6. The summed E-state index contributed by atoms with van der Waals surface area (Å²) < 4.78 is 5.39. The van der Waals surface area contributed by atoms with Crippen LogP contribution in [0.25, 0.3) is 11.1 Å². The molecule has 1 unspecified atom stereocenters. The van der Waals surface area contributed by atoms with Gasteiger partial charge in [0.05, 0.1) is 17.7 Å². The molecule has 0 aliphatic heterocycles. The van der Waals surface area contributed by atoms with Gasteiger partial charge in [-0.1, -0.05) is 55.7 Å². The summed E-state index contributed by atoms with van der Waals surface area (Å²) in [4.78, 5) is 25.8. The fourth-order valence-electron chi connectivity index (χ4n) is 4.29. The average molecular weight is 473 g/mol. The number of nitrogens with one attached hydrogen (secondary N) is 2. The number of hydrogen-bond donors (Lipinski definition) is 2. The van der Waals surface area contributed by atoms with Crippen LogP contribution in [0.3, 0.4) is 0 Å². The predicted octanol–water partition coefficient (Wildman–Crippen LogP) is 5.00. The van der Waals surface area contributed by atoms with Crippen LogP contribution in [-0.4, -0.2) is 29.2 Å². The van der Waals surface area contributed by atoms with Crippen molar-refractivity contribution in [2.24, 2.45) is 0 Å². The van der Waals surface area contributed by atoms with Crippen molar-refractivity contribution in [1.82, 2.24) is 10.6 Å². The summed E-state index contributed by atoms with van der Waals surface area (Å²) in [5.41, 5.74) is 1.76. The van der Waals surface area contributed by atoms with Crippen molar-refractivity contribution in [3.05, 3.63) is 59.7 Å². The van der Waals surface area contributed by atoms with Crippen molar-refractivity contribution in [3.8, 4) is 23.3 Å². The summed E-state index contributed by atoms with van der Waals surface area (Å²) in [5, 5.41) is 24.4. The predicted molar refractivity (Wildman–Crippen MR) is 133 cm³/mol. The number of nitriles is 2. The molecule has 1 saturated carbocycles. The van der Waals surface area contributed by atoms with Crippen molar-refractivity contribution in [1.29, 1.82) is 10.5 Å². The summed E-state index contributed by atoms with van der Waals surface area (Å²) in [6.45, 7) is 5.33. The number of rotatable bonds is 6. The quantitative estimate of drug-likeness (QED) is 0.614. The summed E-state index contributed by atoms with van der Waals surface area (Å²) in [5.74, 6) is -0.344. The van der Waals surface area contributed by atoms with Gasteiger partial charge in [-0.05, 0) is 62.4 Å². The van der Waals surface area contributed by atoms with Crippen molar-refractivity contribution in [2.45, 2.75) is 76.5 Å². The number of hydrogen-bond acceptors (Lipinski definition) is 5. The van der Waals surface area contributed by atoms with Crippen LogP contribution in [0.5, 0.6) is 0 Å². The van der Waals surface area contributed by atoms with Crippen LogP contribution in [0, 0.1) is 22.7 Å². The molecule has 2 aromatic carbocycles. The van der Waals surface area contributed by atoms with Crippen molar-refractivity contribution in [2.75, 3.05) is 0 Å². The first-order valence-electron chi connectivity index (χ1n) is 12.0. The van der Waals surface area contributed by atoms with Crippen LogP contribution < -0.4 is 10.6 Å². The van der Waals surface area contributed by atoms with Gasteiger partial charge in [0.15, 0.2) is 0 Å². The molecule has 35 heavy (non-hydrogen) atoms. The van der Waals surface area contributed by atoms with Crippen molar-refractivity contribution >= 4 is 12.0 Å². The zero-order chi connectivity index (χ0) is 25.5. The standard InChI is InChI=1S/C28H32N4O3/c1-27(2,3)35-26(34)32-28(15-5-4-6-16-28)25(33)31-24(19-30)17-20-7-11-22(12-8-20)23-13-9-21(18-29)10-14-23/h7-14,24H,4-6,15-17H2,1-3H3,(H,31,33)(H,32,34). The van der Waals surface area contributed by atoms with E-state index in [4.69, 9.17) is 10.00 Å². The lowest BCUT2D eigenvalue weighted by Crippen LogP contribution is -2.61. The van der Waals surface area contributed by atoms with Gasteiger partial charge < -0.3 is 15.4 Å². The van der Waals surface area contributed by atoms with Crippen molar-refractivity contribution < 1.29 is 14.3 Å². The van der Waals surface area contributed by atoms with Gasteiger partial charge in [-0.3, -0.25) is 4.79 Å². The maximum Gasteiger partial charge on any atom is 0.408 e. The Morgan fingerprint density at radius 2 is 1.54 bits per heavy atom. The second-order valence-corrected chi connectivity index (χ2v) is 10.0. The normalized spacial score (nSPS) is 15.7. The molecule has 0 saturated heterocycles. The molecule has 0 radical (unpaired) electrons. The number of carbonyl (C=O) groups is 2. The average Bonchev–Trinajstić information content (AvgIpc) is 2.83. The minimum atomic E-state index is -1.07. The second-order valence-electron chi connectivity index (χ2n) is 10.0. The molecule has 0 heterocycles. The van der Waals surface area contributed by atoms with Crippen LogP contribution >= 0.6 is 0 Å². The number of carbonyl (C=O) groups excluding carboxylic acids is 2. The van der Waals surface area contributed by atoms with Gasteiger partial charge in [0.25, 0.3) is 0 Å². The van der Waals surface area contributed by atoms with E-state index in [0.29, 0.717) is 24.8 Å². The molecule has 0 spiro atoms. The fourth-order valence-corrected chi connectivity index (χ4v) is 4.29. The highest BCUT2D eigenvalue weighted by Crippen LogP contribution is 2.29. The molecule has 182 valence electrons. The van der Waals surface area contributed by atoms with Gasteiger partial charge in [-0.2, -0.15) is 10.5 Å². The van der Waals surface area contributed by atoms with Gasteiger partial charge in [-0.25, -0.2) is 4.79 Å². The van der Waals surface area contributed by atoms with Gasteiger partial charge in [-0.15, -0.1) is 0 Å². The van der Waals surface area contributed by atoms with E-state index < -0.39 is 23.3 Å². The van der Waals surface area contributed by atoms with Crippen LogP contribution in [0.1, 0.15) is 64.0 Å². The Morgan fingerprint density at radius 1 is 0.971 bits per heavy atom. The Morgan fingerprint density at radius 3 is 2.06 bits per heavy atom. The Kier molecular flexibility index (Phi) is 8.14. The van der Waals surface area contributed by atoms with Crippen molar-refractivity contribution in [3.63, 3.8) is 0 Å². The molecule has 1 aliphatic carbocycles. The Hall–Kier alpha value is -3.84. The van der Waals surface area contributed by atoms with E-state index in [1.807, 2.05) is 36.4 Å². The molecule has 1 fully saturated rings. The van der Waals surface area contributed by atoms with E-state index in [1.165, 1.54) is 0 Å². The second kappa shape index (κ2) is 11.1. The number of alkyl carbamates (subject to hydrolysis) is 1. The third-order valence-corrected chi connectivity index (χ3v) is 6.08. The first kappa shape index (κ1) is 25.8. The molecule has 7 nitrogen and oxygen atoms in total. The molecule has 1 atom stereocenters. The summed E-state index contributed by atoms with van der Waals surface area (Å²) >= 11 is 0. The van der Waals surface area contributed by atoms with E-state index in [2.05, 4.69) is 22.8 Å². The zero-order valence-corrected chi connectivity index (χ0v) is 20.6. The van der Waals surface area contributed by atoms with Gasteiger partial charge in [0, 0.05) is 6.42 Å². The van der Waals surface area contributed by atoms with Crippen LogP contribution in [0.15, 0.2) is 48.5 Å². The molecule has 3 rings (SSSR count). The maximum atomic E-state index is 13.3. The number of benzene rings is 2. The highest BCUT2D eigenvalue weighted by atomic mass is 16.6. The Bertz CT molecular complexity index is 1110. The molecular weight excluding hydrogens is 440 g/mol. The molecule has 1 aliphatic rings. The van der Waals surface area contributed by atoms with E-state index in [-0.39, 0.29) is 5.91 Å². The lowest BCUT2D eigenvalue weighted by Gasteiger charge is -2.37.